The van der Waals surface area contributed by atoms with Crippen molar-refractivity contribution in [1.82, 2.24) is 0 Å². The Bertz CT molecular complexity index is 332. The predicted molar refractivity (Wildman–Crippen MR) is 53.8 cm³/mol. The lowest BCUT2D eigenvalue weighted by molar-refractivity contribution is 0.150. The normalized spacial score (nSPS) is 18.4. The molecule has 1 aromatic rings. The van der Waals surface area contributed by atoms with Crippen LogP contribution in [-0.4, -0.2) is 12.2 Å². The third kappa shape index (κ3) is 1.58. The highest BCUT2D eigenvalue weighted by Gasteiger charge is 2.43. The molecular formula is C10H11BrO2. The van der Waals surface area contributed by atoms with Crippen LogP contribution in [-0.2, 0) is 5.60 Å². The topological polar surface area (TPSA) is 29.5 Å². The zero-order valence-corrected chi connectivity index (χ0v) is 8.97. The molecule has 13 heavy (non-hydrogen) atoms. The first-order chi connectivity index (χ1) is 6.15. The molecule has 0 radical (unpaired) electrons. The van der Waals surface area contributed by atoms with Gasteiger partial charge in [0.1, 0.15) is 5.75 Å². The lowest BCUT2D eigenvalue weighted by atomic mass is 10.1. The molecule has 1 saturated carbocycles. The third-order valence-corrected chi connectivity index (χ3v) is 3.06. The van der Waals surface area contributed by atoms with Gasteiger partial charge in [-0.1, -0.05) is 22.0 Å². The van der Waals surface area contributed by atoms with E-state index in [1.165, 1.54) is 0 Å². The fraction of sp³-hybridized carbons (Fsp3) is 0.400. The fourth-order valence-corrected chi connectivity index (χ4v) is 2.11. The molecule has 70 valence electrons. The van der Waals surface area contributed by atoms with Gasteiger partial charge in [0.2, 0.25) is 0 Å². The Labute approximate surface area is 85.7 Å². The SMILES string of the molecule is COc1ccc(C2(O)CC2)c(Br)c1. The van der Waals surface area contributed by atoms with Crippen LogP contribution in [0.4, 0.5) is 0 Å². The quantitative estimate of drug-likeness (QED) is 0.864. The summed E-state index contributed by atoms with van der Waals surface area (Å²) in [6.07, 6.45) is 1.72. The van der Waals surface area contributed by atoms with E-state index in [2.05, 4.69) is 15.9 Å². The van der Waals surface area contributed by atoms with Crippen LogP contribution in [0.1, 0.15) is 18.4 Å². The summed E-state index contributed by atoms with van der Waals surface area (Å²) < 4.78 is 5.99. The Hall–Kier alpha value is -0.540. The zero-order chi connectivity index (χ0) is 9.47. The maximum absolute atomic E-state index is 9.87. The minimum atomic E-state index is -0.578. The summed E-state index contributed by atoms with van der Waals surface area (Å²) in [5.41, 5.74) is 0.388. The number of ether oxygens (including phenoxy) is 1. The summed E-state index contributed by atoms with van der Waals surface area (Å²) in [7, 11) is 1.63. The van der Waals surface area contributed by atoms with Gasteiger partial charge in [0.25, 0.3) is 0 Å². The molecule has 1 aromatic carbocycles. The molecule has 0 bridgehead atoms. The molecule has 0 atom stereocenters. The molecule has 0 amide bonds. The zero-order valence-electron chi connectivity index (χ0n) is 7.38. The maximum atomic E-state index is 9.87. The molecule has 0 aliphatic heterocycles. The Morgan fingerprint density at radius 1 is 1.46 bits per heavy atom. The highest BCUT2D eigenvalue weighted by molar-refractivity contribution is 9.10. The summed E-state index contributed by atoms with van der Waals surface area (Å²) in [5.74, 6) is 0.805. The second-order valence-electron chi connectivity index (χ2n) is 3.38. The van der Waals surface area contributed by atoms with E-state index >= 15 is 0 Å². The summed E-state index contributed by atoms with van der Waals surface area (Å²) in [6, 6.07) is 5.66. The molecule has 0 aromatic heterocycles. The minimum Gasteiger partial charge on any atom is -0.497 e. The van der Waals surface area contributed by atoms with Crippen molar-refractivity contribution in [2.75, 3.05) is 7.11 Å². The Morgan fingerprint density at radius 2 is 2.15 bits per heavy atom. The monoisotopic (exact) mass is 242 g/mol. The van der Waals surface area contributed by atoms with Gasteiger partial charge in [-0.05, 0) is 30.5 Å². The second kappa shape index (κ2) is 3.00. The minimum absolute atomic E-state index is 0.578. The summed E-state index contributed by atoms with van der Waals surface area (Å²) in [6.45, 7) is 0. The van der Waals surface area contributed by atoms with Crippen LogP contribution < -0.4 is 4.74 Å². The average molecular weight is 243 g/mol. The van der Waals surface area contributed by atoms with Crippen LogP contribution in [0.3, 0.4) is 0 Å². The molecule has 2 rings (SSSR count). The first kappa shape index (κ1) is 9.03. The van der Waals surface area contributed by atoms with Gasteiger partial charge in [0.05, 0.1) is 12.7 Å². The average Bonchev–Trinajstić information content (AvgIpc) is 2.84. The Balaban J connectivity index is 2.38. The van der Waals surface area contributed by atoms with Crippen molar-refractivity contribution in [1.29, 1.82) is 0 Å². The standard InChI is InChI=1S/C10H11BrO2/c1-13-7-2-3-8(9(11)6-7)10(12)4-5-10/h2-3,6,12H,4-5H2,1H3. The number of hydrogen-bond acceptors (Lipinski definition) is 2. The van der Waals surface area contributed by atoms with E-state index in [1.807, 2.05) is 18.2 Å². The highest BCUT2D eigenvalue weighted by atomic mass is 79.9. The van der Waals surface area contributed by atoms with Gasteiger partial charge in [0, 0.05) is 4.47 Å². The lowest BCUT2D eigenvalue weighted by Gasteiger charge is -2.11. The molecule has 0 heterocycles. The molecule has 0 unspecified atom stereocenters. The van der Waals surface area contributed by atoms with Crippen molar-refractivity contribution in [3.05, 3.63) is 28.2 Å². The molecule has 1 fully saturated rings. The second-order valence-corrected chi connectivity index (χ2v) is 4.23. The number of aliphatic hydroxyl groups is 1. The predicted octanol–water partition coefficient (Wildman–Crippen LogP) is 2.44. The van der Waals surface area contributed by atoms with E-state index in [1.54, 1.807) is 7.11 Å². The maximum Gasteiger partial charge on any atom is 0.120 e. The van der Waals surface area contributed by atoms with Gasteiger partial charge in [-0.2, -0.15) is 0 Å². The number of benzene rings is 1. The fourth-order valence-electron chi connectivity index (χ4n) is 1.39. The van der Waals surface area contributed by atoms with E-state index < -0.39 is 5.60 Å². The largest absolute Gasteiger partial charge is 0.497 e. The van der Waals surface area contributed by atoms with Crippen LogP contribution in [0.25, 0.3) is 0 Å². The number of hydrogen-bond donors (Lipinski definition) is 1. The van der Waals surface area contributed by atoms with E-state index in [0.717, 1.165) is 28.6 Å². The molecule has 1 aliphatic carbocycles. The lowest BCUT2D eigenvalue weighted by Crippen LogP contribution is -2.04. The van der Waals surface area contributed by atoms with Crippen molar-refractivity contribution in [3.8, 4) is 5.75 Å². The van der Waals surface area contributed by atoms with Crippen LogP contribution in [0.5, 0.6) is 5.75 Å². The van der Waals surface area contributed by atoms with Crippen LogP contribution >= 0.6 is 15.9 Å². The van der Waals surface area contributed by atoms with Crippen molar-refractivity contribution < 1.29 is 9.84 Å². The van der Waals surface area contributed by atoms with Crippen molar-refractivity contribution in [3.63, 3.8) is 0 Å². The molecule has 0 spiro atoms. The number of rotatable bonds is 2. The highest BCUT2D eigenvalue weighted by Crippen LogP contribution is 2.48. The van der Waals surface area contributed by atoms with Gasteiger partial charge >= 0.3 is 0 Å². The van der Waals surface area contributed by atoms with Crippen molar-refractivity contribution >= 4 is 15.9 Å². The van der Waals surface area contributed by atoms with Crippen LogP contribution in [0.15, 0.2) is 22.7 Å². The van der Waals surface area contributed by atoms with E-state index in [0.29, 0.717) is 0 Å². The van der Waals surface area contributed by atoms with Gasteiger partial charge in [-0.15, -0.1) is 0 Å². The van der Waals surface area contributed by atoms with E-state index in [-0.39, 0.29) is 0 Å². The van der Waals surface area contributed by atoms with E-state index in [4.69, 9.17) is 4.74 Å². The molecule has 1 aliphatic rings. The Morgan fingerprint density at radius 3 is 2.62 bits per heavy atom. The third-order valence-electron chi connectivity index (χ3n) is 2.40. The van der Waals surface area contributed by atoms with Crippen LogP contribution in [0, 0.1) is 0 Å². The van der Waals surface area contributed by atoms with E-state index in [9.17, 15) is 5.11 Å². The van der Waals surface area contributed by atoms with Gasteiger partial charge in [-0.3, -0.25) is 0 Å². The molecule has 0 saturated heterocycles. The first-order valence-electron chi connectivity index (χ1n) is 4.22. The molecule has 3 heteroatoms. The number of halogens is 1. The summed E-state index contributed by atoms with van der Waals surface area (Å²) in [5, 5.41) is 9.87. The first-order valence-corrected chi connectivity index (χ1v) is 5.01. The Kier molecular flexibility index (Phi) is 2.08. The summed E-state index contributed by atoms with van der Waals surface area (Å²) in [4.78, 5) is 0. The summed E-state index contributed by atoms with van der Waals surface area (Å²) >= 11 is 3.42. The van der Waals surface area contributed by atoms with Gasteiger partial charge in [-0.25, -0.2) is 0 Å². The molecule has 1 N–H and O–H groups in total. The van der Waals surface area contributed by atoms with Gasteiger partial charge in [0.15, 0.2) is 0 Å². The number of methoxy groups -OCH3 is 1. The van der Waals surface area contributed by atoms with Crippen LogP contribution in [0.2, 0.25) is 0 Å². The smallest absolute Gasteiger partial charge is 0.120 e. The molecule has 2 nitrogen and oxygen atoms in total. The molecular weight excluding hydrogens is 232 g/mol. The van der Waals surface area contributed by atoms with Crippen molar-refractivity contribution in [2.45, 2.75) is 18.4 Å². The van der Waals surface area contributed by atoms with Crippen molar-refractivity contribution in [2.24, 2.45) is 0 Å². The van der Waals surface area contributed by atoms with Gasteiger partial charge < -0.3 is 9.84 Å².